The maximum atomic E-state index is 5.07. The molecule has 0 atom stereocenters. The first kappa shape index (κ1) is 7.01. The van der Waals surface area contributed by atoms with Crippen molar-refractivity contribution in [1.29, 1.82) is 0 Å². The van der Waals surface area contributed by atoms with Gasteiger partial charge >= 0.3 is 0 Å². The van der Waals surface area contributed by atoms with E-state index in [4.69, 9.17) is 10.7 Å². The molecule has 0 fully saturated rings. The fourth-order valence-electron chi connectivity index (χ4n) is 0.0119. The molecule has 0 unspecified atom stereocenters. The summed E-state index contributed by atoms with van der Waals surface area (Å²) in [4.78, 5) is 0. The van der Waals surface area contributed by atoms with Crippen LogP contribution in [0.2, 0.25) is 0 Å². The van der Waals surface area contributed by atoms with Gasteiger partial charge in [-0.2, -0.15) is 0 Å². The Hall–Kier alpha value is 1.01. The lowest BCUT2D eigenvalue weighted by atomic mass is 11.7. The zero-order chi connectivity index (χ0) is 4.99. The minimum absolute atomic E-state index is 0.275. The predicted molar refractivity (Wildman–Crippen MR) is 36.1 cm³/mol. The van der Waals surface area contributed by atoms with E-state index in [9.17, 15) is 0 Å². The van der Waals surface area contributed by atoms with Crippen LogP contribution in [0.1, 0.15) is 0 Å². The summed E-state index contributed by atoms with van der Waals surface area (Å²) in [6.07, 6.45) is 0. The van der Waals surface area contributed by atoms with Crippen LogP contribution in [0, 0.1) is 0 Å². The van der Waals surface area contributed by atoms with E-state index in [0.29, 0.717) is 0 Å². The summed E-state index contributed by atoms with van der Waals surface area (Å²) in [5.74, 6) is 0. The Morgan fingerprint density at radius 1 is 2.00 bits per heavy atom. The smallest absolute Gasteiger partial charge is 0.249 e. The molecule has 0 aliphatic rings. The van der Waals surface area contributed by atoms with E-state index in [2.05, 4.69) is 32.3 Å². The van der Waals surface area contributed by atoms with Crippen LogP contribution in [0.3, 0.4) is 0 Å². The van der Waals surface area contributed by atoms with Gasteiger partial charge < -0.3 is 3.83 Å². The van der Waals surface area contributed by atoms with Crippen molar-refractivity contribution in [2.45, 2.75) is 0 Å². The van der Waals surface area contributed by atoms with Gasteiger partial charge in [0.05, 0.1) is 0 Å². The van der Waals surface area contributed by atoms with Gasteiger partial charge in [0.15, 0.2) is 16.3 Å². The van der Waals surface area contributed by atoms with Gasteiger partial charge in [-0.15, -0.1) is 0 Å². The molecule has 0 amide bonds. The van der Waals surface area contributed by atoms with Crippen molar-refractivity contribution in [2.75, 3.05) is 0 Å². The lowest BCUT2D eigenvalue weighted by Gasteiger charge is -1.84. The summed E-state index contributed by atoms with van der Waals surface area (Å²) in [5, 5.41) is 0. The number of hydrogen-bond acceptors (Lipinski definition) is 3. The molecular weight excluding hydrogens is 208 g/mol. The molecule has 0 bridgehead atoms. The Bertz CT molecular complexity index is 51.5. The fraction of sp³-hybridized carbons (Fsp3) is 0. The SMILES string of the molecule is S=C(OBr)SCl. The first-order valence-corrected chi connectivity index (χ1v) is 3.62. The van der Waals surface area contributed by atoms with Crippen LogP contribution >= 0.6 is 50.1 Å². The molecule has 5 heteroatoms. The Kier molecular flexibility index (Phi) is 4.88. The van der Waals surface area contributed by atoms with Crippen LogP contribution in [0.25, 0.3) is 0 Å². The van der Waals surface area contributed by atoms with Crippen LogP contribution in [0.4, 0.5) is 0 Å². The normalized spacial score (nSPS) is 7.67. The third-order valence-electron chi connectivity index (χ3n) is 0.126. The summed E-state index contributed by atoms with van der Waals surface area (Å²) in [7, 11) is 5.93. The zero-order valence-corrected chi connectivity index (χ0v) is 6.46. The van der Waals surface area contributed by atoms with E-state index >= 15 is 0 Å². The highest BCUT2D eigenvalue weighted by Crippen LogP contribution is 2.11. The fourth-order valence-corrected chi connectivity index (χ4v) is 0.557. The van der Waals surface area contributed by atoms with Gasteiger partial charge in [0.25, 0.3) is 0 Å². The zero-order valence-electron chi connectivity index (χ0n) is 2.48. The van der Waals surface area contributed by atoms with Gasteiger partial charge in [0, 0.05) is 11.0 Å². The molecule has 0 radical (unpaired) electrons. The molecule has 0 saturated heterocycles. The number of thiocarbonyl (C=S) groups is 1. The van der Waals surface area contributed by atoms with Crippen molar-refractivity contribution in [2.24, 2.45) is 0 Å². The van der Waals surface area contributed by atoms with Crippen molar-refractivity contribution >= 4 is 54.5 Å². The minimum atomic E-state index is 0.275. The van der Waals surface area contributed by atoms with Crippen molar-refractivity contribution in [3.05, 3.63) is 0 Å². The summed E-state index contributed by atoms with van der Waals surface area (Å²) >= 11 is 7.05. The molecule has 0 rings (SSSR count). The lowest BCUT2D eigenvalue weighted by molar-refractivity contribution is 0.717. The van der Waals surface area contributed by atoms with E-state index < -0.39 is 0 Å². The largest absolute Gasteiger partial charge is 0.398 e. The predicted octanol–water partition coefficient (Wildman–Crippen LogP) is 2.48. The van der Waals surface area contributed by atoms with E-state index in [1.807, 2.05) is 0 Å². The summed E-state index contributed by atoms with van der Waals surface area (Å²) < 4.78 is 4.55. The molecule has 0 N–H and O–H groups in total. The number of halogens is 2. The molecule has 0 aromatic carbocycles. The van der Waals surface area contributed by atoms with Crippen molar-refractivity contribution in [3.63, 3.8) is 0 Å². The highest BCUT2D eigenvalue weighted by atomic mass is 79.9. The molecule has 6 heavy (non-hydrogen) atoms. The van der Waals surface area contributed by atoms with Crippen molar-refractivity contribution < 1.29 is 3.83 Å². The molecule has 36 valence electrons. The molecule has 0 aliphatic carbocycles. The maximum absolute atomic E-state index is 5.07. The second kappa shape index (κ2) is 4.18. The van der Waals surface area contributed by atoms with Crippen molar-refractivity contribution in [1.82, 2.24) is 0 Å². The Morgan fingerprint density at radius 2 is 2.50 bits per heavy atom. The molecule has 0 spiro atoms. The van der Waals surface area contributed by atoms with Gasteiger partial charge in [-0.1, -0.05) is 0 Å². The summed E-state index contributed by atoms with van der Waals surface area (Å²) in [6, 6.07) is 0. The second-order valence-corrected chi connectivity index (χ2v) is 2.35. The second-order valence-electron chi connectivity index (χ2n) is 0.404. The topological polar surface area (TPSA) is 9.23 Å². The van der Waals surface area contributed by atoms with E-state index in [1.54, 1.807) is 0 Å². The quantitative estimate of drug-likeness (QED) is 0.565. The Morgan fingerprint density at radius 3 is 2.50 bits per heavy atom. The average Bonchev–Trinajstić information content (AvgIpc) is 1.65. The third-order valence-corrected chi connectivity index (χ3v) is 2.12. The summed E-state index contributed by atoms with van der Waals surface area (Å²) in [5.41, 5.74) is 0. The average molecular weight is 208 g/mol. The molecule has 0 heterocycles. The highest BCUT2D eigenvalue weighted by Gasteiger charge is 1.87. The molecular formula is CBrClOS2. The van der Waals surface area contributed by atoms with Gasteiger partial charge in [-0.25, -0.2) is 0 Å². The van der Waals surface area contributed by atoms with Gasteiger partial charge in [0.2, 0.25) is 4.38 Å². The number of hydrogen-bond donors (Lipinski definition) is 0. The van der Waals surface area contributed by atoms with Gasteiger partial charge in [-0.3, -0.25) is 0 Å². The molecule has 0 aliphatic heterocycles. The summed E-state index contributed by atoms with van der Waals surface area (Å²) in [6.45, 7) is 0. The molecule has 0 aromatic heterocycles. The molecule has 1 nitrogen and oxygen atoms in total. The Balaban J connectivity index is 2.99. The van der Waals surface area contributed by atoms with E-state index in [-0.39, 0.29) is 4.38 Å². The monoisotopic (exact) mass is 206 g/mol. The maximum Gasteiger partial charge on any atom is 0.249 e. The van der Waals surface area contributed by atoms with Crippen LogP contribution in [0.5, 0.6) is 0 Å². The van der Waals surface area contributed by atoms with Crippen LogP contribution in [-0.2, 0) is 3.83 Å². The van der Waals surface area contributed by atoms with Crippen LogP contribution < -0.4 is 0 Å². The standard InChI is InChI=1S/CBrClOS2/c2-4-1(5)6-3. The lowest BCUT2D eigenvalue weighted by Crippen LogP contribution is -1.75. The van der Waals surface area contributed by atoms with Gasteiger partial charge in [0.1, 0.15) is 0 Å². The van der Waals surface area contributed by atoms with Crippen LogP contribution in [0.15, 0.2) is 0 Å². The first-order chi connectivity index (χ1) is 2.81. The van der Waals surface area contributed by atoms with Crippen LogP contribution in [-0.4, -0.2) is 4.38 Å². The van der Waals surface area contributed by atoms with E-state index in [1.165, 1.54) is 0 Å². The minimum Gasteiger partial charge on any atom is -0.398 e. The molecule has 0 saturated carbocycles. The van der Waals surface area contributed by atoms with Crippen molar-refractivity contribution in [3.8, 4) is 0 Å². The van der Waals surface area contributed by atoms with E-state index in [0.717, 1.165) is 11.0 Å². The third kappa shape index (κ3) is 3.21. The Labute approximate surface area is 58.3 Å². The molecule has 0 aromatic rings. The first-order valence-electron chi connectivity index (χ1n) is 0.921. The highest BCUT2D eigenvalue weighted by molar-refractivity contribution is 9.06. The number of rotatable bonds is 0. The van der Waals surface area contributed by atoms with Gasteiger partial charge in [-0.05, 0) is 22.9 Å².